The quantitative estimate of drug-likeness (QED) is 0.245. The summed E-state index contributed by atoms with van der Waals surface area (Å²) in [6, 6.07) is 12.8. The van der Waals surface area contributed by atoms with E-state index >= 15 is 0 Å². The van der Waals surface area contributed by atoms with Gasteiger partial charge in [-0.25, -0.2) is 4.79 Å². The summed E-state index contributed by atoms with van der Waals surface area (Å²) in [4.78, 5) is 24.3. The number of nitrogens with one attached hydrogen (secondary N) is 3. The largest absolute Gasteiger partial charge is 0.465 e. The molecule has 0 aliphatic rings. The number of carbonyl (C=O) groups is 2. The molecule has 0 radical (unpaired) electrons. The van der Waals surface area contributed by atoms with Crippen molar-refractivity contribution in [3.05, 3.63) is 64.7 Å². The predicted octanol–water partition coefficient (Wildman–Crippen LogP) is 4.54. The maximum Gasteiger partial charge on any atom is 0.339 e. The molecule has 6 nitrogen and oxygen atoms in total. The smallest absolute Gasteiger partial charge is 0.339 e. The van der Waals surface area contributed by atoms with Crippen LogP contribution in [0.15, 0.2) is 48.5 Å². The Balaban J connectivity index is 2.14. The topological polar surface area (TPSA) is 79.5 Å². The van der Waals surface area contributed by atoms with Crippen LogP contribution in [-0.4, -0.2) is 34.1 Å². The second-order valence-corrected chi connectivity index (χ2v) is 8.81. The van der Waals surface area contributed by atoms with Gasteiger partial charge < -0.3 is 20.7 Å². The number of thiocarbonyl (C=S) groups is 1. The molecule has 154 valence electrons. The molecule has 11 heteroatoms. The van der Waals surface area contributed by atoms with Gasteiger partial charge in [-0.1, -0.05) is 64.6 Å². The summed E-state index contributed by atoms with van der Waals surface area (Å²) in [5, 5.41) is 8.46. The van der Waals surface area contributed by atoms with Crippen molar-refractivity contribution in [2.75, 3.05) is 12.4 Å². The predicted molar refractivity (Wildman–Crippen MR) is 120 cm³/mol. The van der Waals surface area contributed by atoms with Gasteiger partial charge >= 0.3 is 5.97 Å². The second-order valence-electron chi connectivity index (χ2n) is 5.59. The average Bonchev–Trinajstić information content (AvgIpc) is 2.66. The van der Waals surface area contributed by atoms with Crippen molar-refractivity contribution >= 4 is 81.3 Å². The van der Waals surface area contributed by atoms with E-state index in [2.05, 4.69) is 16.0 Å². The van der Waals surface area contributed by atoms with E-state index in [-0.39, 0.29) is 16.2 Å². The fraction of sp³-hybridized carbons (Fsp3) is 0.167. The Kier molecular flexibility index (Phi) is 8.36. The number of para-hydroxylation sites is 1. The molecular weight excluding hydrogens is 480 g/mol. The zero-order valence-corrected chi connectivity index (χ0v) is 18.7. The first-order valence-corrected chi connectivity index (χ1v) is 9.92. The average molecular weight is 495 g/mol. The van der Waals surface area contributed by atoms with Crippen LogP contribution in [0.1, 0.15) is 20.7 Å². The summed E-state index contributed by atoms with van der Waals surface area (Å²) in [5.41, 5.74) is 0.905. The van der Waals surface area contributed by atoms with E-state index in [4.69, 9.17) is 63.4 Å². The van der Waals surface area contributed by atoms with E-state index in [1.807, 2.05) is 0 Å². The second kappa shape index (κ2) is 10.3. The number of amides is 1. The summed E-state index contributed by atoms with van der Waals surface area (Å²) in [5.74, 6) is -1.09. The summed E-state index contributed by atoms with van der Waals surface area (Å²) >= 11 is 29.1. The van der Waals surface area contributed by atoms with Crippen molar-refractivity contribution in [1.82, 2.24) is 10.6 Å². The third-order valence-corrected chi connectivity index (χ3v) is 4.66. The van der Waals surface area contributed by atoms with E-state index in [1.54, 1.807) is 42.5 Å². The van der Waals surface area contributed by atoms with Crippen molar-refractivity contribution in [2.24, 2.45) is 0 Å². The Morgan fingerprint density at radius 1 is 1.07 bits per heavy atom. The summed E-state index contributed by atoms with van der Waals surface area (Å²) in [6.07, 6.45) is -1.19. The van der Waals surface area contributed by atoms with E-state index in [0.29, 0.717) is 10.7 Å². The van der Waals surface area contributed by atoms with Crippen molar-refractivity contribution in [1.29, 1.82) is 0 Å². The molecule has 0 aliphatic heterocycles. The number of ether oxygens (including phenoxy) is 1. The SMILES string of the molecule is COC(=O)c1ccccc1NC(=S)N[C@H](NC(=O)c1cccc(Cl)c1)C(Cl)(Cl)Cl. The van der Waals surface area contributed by atoms with Gasteiger partial charge in [0.05, 0.1) is 18.4 Å². The highest BCUT2D eigenvalue weighted by Crippen LogP contribution is 2.29. The molecule has 0 aromatic heterocycles. The van der Waals surface area contributed by atoms with Crippen LogP contribution in [0.4, 0.5) is 5.69 Å². The standard InChI is InChI=1S/C18H15Cl4N3O3S/c1-28-15(27)12-7-2-3-8-13(12)23-17(29)25-16(18(20,21)22)24-14(26)10-5-4-6-11(19)9-10/h2-9,16H,1H3,(H,24,26)(H2,23,25,29)/t16-/m0/s1. The van der Waals surface area contributed by atoms with Crippen LogP contribution in [0.2, 0.25) is 5.02 Å². The Hall–Kier alpha value is -1.77. The molecule has 0 fully saturated rings. The van der Waals surface area contributed by atoms with Crippen LogP contribution in [0.5, 0.6) is 0 Å². The number of alkyl halides is 3. The van der Waals surface area contributed by atoms with E-state index in [0.717, 1.165) is 0 Å². The lowest BCUT2D eigenvalue weighted by Gasteiger charge is -2.28. The monoisotopic (exact) mass is 493 g/mol. The lowest BCUT2D eigenvalue weighted by atomic mass is 10.2. The number of benzene rings is 2. The number of hydrogen-bond acceptors (Lipinski definition) is 4. The van der Waals surface area contributed by atoms with Crippen LogP contribution in [0.3, 0.4) is 0 Å². The molecule has 0 spiro atoms. The fourth-order valence-electron chi connectivity index (χ4n) is 2.21. The molecule has 1 amide bonds. The number of esters is 1. The molecule has 0 saturated carbocycles. The zero-order chi connectivity index (χ0) is 21.6. The number of carbonyl (C=O) groups excluding carboxylic acids is 2. The molecule has 2 aromatic rings. The van der Waals surface area contributed by atoms with Crippen molar-refractivity contribution in [3.63, 3.8) is 0 Å². The van der Waals surface area contributed by atoms with Crippen LogP contribution in [0, 0.1) is 0 Å². The lowest BCUT2D eigenvalue weighted by molar-refractivity contribution is 0.0601. The van der Waals surface area contributed by atoms with E-state index in [9.17, 15) is 9.59 Å². The van der Waals surface area contributed by atoms with Crippen LogP contribution in [0.25, 0.3) is 0 Å². The van der Waals surface area contributed by atoms with Crippen LogP contribution < -0.4 is 16.0 Å². The van der Waals surface area contributed by atoms with Crippen LogP contribution in [-0.2, 0) is 4.74 Å². The minimum Gasteiger partial charge on any atom is -0.465 e. The van der Waals surface area contributed by atoms with Gasteiger partial charge in [-0.2, -0.15) is 0 Å². The Bertz CT molecular complexity index is 921. The van der Waals surface area contributed by atoms with Gasteiger partial charge in [0.25, 0.3) is 5.91 Å². The number of anilines is 1. The normalized spacial score (nSPS) is 11.9. The molecule has 0 saturated heterocycles. The number of halogens is 4. The summed E-state index contributed by atoms with van der Waals surface area (Å²) < 4.78 is 2.79. The third kappa shape index (κ3) is 6.90. The minimum absolute atomic E-state index is 0.00377. The first-order chi connectivity index (χ1) is 13.6. The van der Waals surface area contributed by atoms with Gasteiger partial charge in [0, 0.05) is 10.6 Å². The molecule has 3 N–H and O–H groups in total. The zero-order valence-electron chi connectivity index (χ0n) is 14.8. The highest BCUT2D eigenvalue weighted by molar-refractivity contribution is 7.80. The van der Waals surface area contributed by atoms with Gasteiger partial charge in [0.2, 0.25) is 3.79 Å². The van der Waals surface area contributed by atoms with E-state index < -0.39 is 21.8 Å². The highest BCUT2D eigenvalue weighted by Gasteiger charge is 2.35. The summed E-state index contributed by atoms with van der Waals surface area (Å²) in [6.45, 7) is 0. The molecule has 0 bridgehead atoms. The first kappa shape index (κ1) is 23.5. The number of hydrogen-bond donors (Lipinski definition) is 3. The third-order valence-electron chi connectivity index (χ3n) is 3.55. The maximum atomic E-state index is 12.5. The van der Waals surface area contributed by atoms with Crippen molar-refractivity contribution in [2.45, 2.75) is 9.96 Å². The number of rotatable bonds is 5. The molecule has 2 rings (SSSR count). The molecular formula is C18H15Cl4N3O3S. The van der Waals surface area contributed by atoms with Gasteiger partial charge in [0.15, 0.2) is 5.11 Å². The fourth-order valence-corrected chi connectivity index (χ4v) is 2.96. The van der Waals surface area contributed by atoms with Crippen molar-refractivity contribution in [3.8, 4) is 0 Å². The Labute approximate surface area is 192 Å². The van der Waals surface area contributed by atoms with Crippen molar-refractivity contribution < 1.29 is 14.3 Å². The minimum atomic E-state index is -1.94. The van der Waals surface area contributed by atoms with E-state index in [1.165, 1.54) is 13.2 Å². The molecule has 0 heterocycles. The number of methoxy groups -OCH3 is 1. The first-order valence-electron chi connectivity index (χ1n) is 8.00. The molecule has 0 unspecified atom stereocenters. The highest BCUT2D eigenvalue weighted by atomic mass is 35.6. The Morgan fingerprint density at radius 2 is 1.76 bits per heavy atom. The molecule has 0 aliphatic carbocycles. The molecule has 1 atom stereocenters. The van der Waals surface area contributed by atoms with Gasteiger partial charge in [0.1, 0.15) is 6.17 Å². The van der Waals surface area contributed by atoms with Gasteiger partial charge in [-0.05, 0) is 42.5 Å². The molecule has 29 heavy (non-hydrogen) atoms. The van der Waals surface area contributed by atoms with Gasteiger partial charge in [-0.3, -0.25) is 4.79 Å². The van der Waals surface area contributed by atoms with Gasteiger partial charge in [-0.15, -0.1) is 0 Å². The lowest BCUT2D eigenvalue weighted by Crippen LogP contribution is -2.56. The maximum absolute atomic E-state index is 12.5. The molecule has 2 aromatic carbocycles. The Morgan fingerprint density at radius 3 is 2.38 bits per heavy atom. The summed E-state index contributed by atoms with van der Waals surface area (Å²) in [7, 11) is 1.26. The van der Waals surface area contributed by atoms with Crippen LogP contribution >= 0.6 is 58.6 Å².